The highest BCUT2D eigenvalue weighted by Crippen LogP contribution is 2.23. The van der Waals surface area contributed by atoms with Crippen LogP contribution < -0.4 is 5.32 Å². The number of hydrogen-bond donors (Lipinski definition) is 1. The number of likely N-dealkylation sites (N-methyl/N-ethyl adjacent to an activating group) is 2. The van der Waals surface area contributed by atoms with Gasteiger partial charge in [0.1, 0.15) is 0 Å². The molecule has 2 heteroatoms. The van der Waals surface area contributed by atoms with Crippen LogP contribution in [0.15, 0.2) is 0 Å². The van der Waals surface area contributed by atoms with Gasteiger partial charge in [0.2, 0.25) is 0 Å². The molecule has 1 saturated carbocycles. The lowest BCUT2D eigenvalue weighted by molar-refractivity contribution is 0.124. The summed E-state index contributed by atoms with van der Waals surface area (Å²) in [4.78, 5) is 2.74. The third-order valence-corrected chi connectivity index (χ3v) is 4.72. The fraction of sp³-hybridized carbons (Fsp3) is 1.00. The molecular weight excluding hydrogens is 220 g/mol. The number of nitrogens with zero attached hydrogens (tertiary/aromatic N) is 1. The van der Waals surface area contributed by atoms with E-state index in [9.17, 15) is 0 Å². The molecule has 3 unspecified atom stereocenters. The normalized spacial score (nSPS) is 27.8. The smallest absolute Gasteiger partial charge is 0.0249 e. The van der Waals surface area contributed by atoms with Crippen molar-refractivity contribution in [3.63, 3.8) is 0 Å². The van der Waals surface area contributed by atoms with Gasteiger partial charge in [-0.15, -0.1) is 0 Å². The first-order chi connectivity index (χ1) is 8.72. The van der Waals surface area contributed by atoms with Crippen LogP contribution in [0.2, 0.25) is 0 Å². The second-order valence-corrected chi connectivity index (χ2v) is 6.06. The van der Waals surface area contributed by atoms with E-state index in [4.69, 9.17) is 0 Å². The Morgan fingerprint density at radius 3 is 2.33 bits per heavy atom. The van der Waals surface area contributed by atoms with Crippen LogP contribution in [-0.4, -0.2) is 37.1 Å². The van der Waals surface area contributed by atoms with E-state index >= 15 is 0 Å². The first-order valence-electron chi connectivity index (χ1n) is 8.14. The highest BCUT2D eigenvalue weighted by Gasteiger charge is 2.26. The van der Waals surface area contributed by atoms with Crippen molar-refractivity contribution in [3.8, 4) is 0 Å². The van der Waals surface area contributed by atoms with Crippen molar-refractivity contribution >= 4 is 0 Å². The van der Waals surface area contributed by atoms with Crippen molar-refractivity contribution in [2.75, 3.05) is 20.1 Å². The van der Waals surface area contributed by atoms with Crippen LogP contribution in [0, 0.1) is 5.92 Å². The quantitative estimate of drug-likeness (QED) is 0.778. The van der Waals surface area contributed by atoms with E-state index < -0.39 is 0 Å². The van der Waals surface area contributed by atoms with E-state index in [1.165, 1.54) is 58.0 Å². The Labute approximate surface area is 115 Å². The summed E-state index contributed by atoms with van der Waals surface area (Å²) in [6, 6.07) is 1.46. The topological polar surface area (TPSA) is 15.3 Å². The zero-order valence-electron chi connectivity index (χ0n) is 13.0. The summed E-state index contributed by atoms with van der Waals surface area (Å²) < 4.78 is 0. The van der Waals surface area contributed by atoms with Gasteiger partial charge in [-0.3, -0.25) is 4.90 Å². The Morgan fingerprint density at radius 2 is 1.78 bits per heavy atom. The fourth-order valence-electron chi connectivity index (χ4n) is 3.27. The van der Waals surface area contributed by atoms with E-state index in [0.29, 0.717) is 6.04 Å². The zero-order valence-corrected chi connectivity index (χ0v) is 13.0. The molecule has 0 aromatic heterocycles. The third kappa shape index (κ3) is 4.89. The minimum atomic E-state index is 0.703. The molecule has 1 rings (SSSR count). The largest absolute Gasteiger partial charge is 0.315 e. The Balaban J connectivity index is 2.64. The Bertz CT molecular complexity index is 205. The van der Waals surface area contributed by atoms with Crippen LogP contribution in [0.4, 0.5) is 0 Å². The molecule has 0 spiro atoms. The second kappa shape index (κ2) is 8.92. The SMILES string of the molecule is CCC(C)CN(CC)C1CCCCCCC1NC. The van der Waals surface area contributed by atoms with Crippen molar-refractivity contribution in [2.24, 2.45) is 5.92 Å². The molecule has 0 aromatic rings. The van der Waals surface area contributed by atoms with Crippen molar-refractivity contribution < 1.29 is 0 Å². The highest BCUT2D eigenvalue weighted by molar-refractivity contribution is 4.85. The van der Waals surface area contributed by atoms with Gasteiger partial charge < -0.3 is 5.32 Å². The third-order valence-electron chi connectivity index (χ3n) is 4.72. The number of rotatable bonds is 6. The van der Waals surface area contributed by atoms with Crippen LogP contribution in [0.1, 0.15) is 65.7 Å². The van der Waals surface area contributed by atoms with E-state index in [1.807, 2.05) is 0 Å². The van der Waals surface area contributed by atoms with Gasteiger partial charge in [0.25, 0.3) is 0 Å². The molecule has 1 aliphatic rings. The molecule has 0 bridgehead atoms. The predicted octanol–water partition coefficient (Wildman–Crippen LogP) is 3.67. The highest BCUT2D eigenvalue weighted by atomic mass is 15.2. The summed E-state index contributed by atoms with van der Waals surface area (Å²) in [7, 11) is 2.15. The van der Waals surface area contributed by atoms with Crippen molar-refractivity contribution in [1.82, 2.24) is 10.2 Å². The molecule has 2 nitrogen and oxygen atoms in total. The fourth-order valence-corrected chi connectivity index (χ4v) is 3.27. The van der Waals surface area contributed by atoms with Gasteiger partial charge in [-0.2, -0.15) is 0 Å². The maximum Gasteiger partial charge on any atom is 0.0249 e. The lowest BCUT2D eigenvalue weighted by Crippen LogP contribution is -2.50. The summed E-state index contributed by atoms with van der Waals surface area (Å²) in [5.74, 6) is 0.827. The number of nitrogens with one attached hydrogen (secondary N) is 1. The maximum absolute atomic E-state index is 3.59. The maximum atomic E-state index is 3.59. The minimum Gasteiger partial charge on any atom is -0.315 e. The Morgan fingerprint density at radius 1 is 1.11 bits per heavy atom. The van der Waals surface area contributed by atoms with Crippen molar-refractivity contribution in [2.45, 2.75) is 77.8 Å². The lowest BCUT2D eigenvalue weighted by atomic mass is 9.90. The first-order valence-corrected chi connectivity index (χ1v) is 8.14. The average Bonchev–Trinajstić information content (AvgIpc) is 2.36. The van der Waals surface area contributed by atoms with E-state index in [-0.39, 0.29) is 0 Å². The monoisotopic (exact) mass is 254 g/mol. The minimum absolute atomic E-state index is 0.703. The van der Waals surface area contributed by atoms with Crippen LogP contribution >= 0.6 is 0 Å². The van der Waals surface area contributed by atoms with Gasteiger partial charge in [-0.05, 0) is 32.4 Å². The first kappa shape index (κ1) is 16.0. The summed E-state index contributed by atoms with van der Waals surface area (Å²) in [6.07, 6.45) is 9.74. The van der Waals surface area contributed by atoms with Crippen LogP contribution in [0.25, 0.3) is 0 Å². The van der Waals surface area contributed by atoms with Crippen LogP contribution in [0.3, 0.4) is 0 Å². The van der Waals surface area contributed by atoms with Gasteiger partial charge in [-0.25, -0.2) is 0 Å². The Kier molecular flexibility index (Phi) is 7.92. The van der Waals surface area contributed by atoms with Crippen molar-refractivity contribution in [1.29, 1.82) is 0 Å². The molecule has 1 N–H and O–H groups in total. The lowest BCUT2D eigenvalue weighted by Gasteiger charge is -2.39. The molecule has 0 aliphatic heterocycles. The molecular formula is C16H34N2. The summed E-state index contributed by atoms with van der Waals surface area (Å²) in [5, 5.41) is 3.59. The molecule has 0 saturated heterocycles. The van der Waals surface area contributed by atoms with E-state index in [2.05, 4.69) is 38.0 Å². The predicted molar refractivity (Wildman–Crippen MR) is 81.0 cm³/mol. The molecule has 1 aliphatic carbocycles. The molecule has 0 aromatic carbocycles. The van der Waals surface area contributed by atoms with Gasteiger partial charge in [0.05, 0.1) is 0 Å². The van der Waals surface area contributed by atoms with Crippen molar-refractivity contribution in [3.05, 3.63) is 0 Å². The summed E-state index contributed by atoms with van der Waals surface area (Å²) in [6.45, 7) is 9.50. The van der Waals surface area contributed by atoms with E-state index in [1.54, 1.807) is 0 Å². The molecule has 0 amide bonds. The van der Waals surface area contributed by atoms with Gasteiger partial charge >= 0.3 is 0 Å². The Hall–Kier alpha value is -0.0800. The molecule has 18 heavy (non-hydrogen) atoms. The zero-order chi connectivity index (χ0) is 13.4. The van der Waals surface area contributed by atoms with Gasteiger partial charge in [-0.1, -0.05) is 52.9 Å². The standard InChI is InChI=1S/C16H34N2/c1-5-14(3)13-18(6-2)16-12-10-8-7-9-11-15(16)17-4/h14-17H,5-13H2,1-4H3. The molecule has 3 atom stereocenters. The second-order valence-electron chi connectivity index (χ2n) is 6.06. The van der Waals surface area contributed by atoms with Gasteiger partial charge in [0, 0.05) is 18.6 Å². The van der Waals surface area contributed by atoms with E-state index in [0.717, 1.165) is 12.0 Å². The molecule has 108 valence electrons. The van der Waals surface area contributed by atoms with Crippen LogP contribution in [0.5, 0.6) is 0 Å². The van der Waals surface area contributed by atoms with Gasteiger partial charge in [0.15, 0.2) is 0 Å². The van der Waals surface area contributed by atoms with Crippen LogP contribution in [-0.2, 0) is 0 Å². The molecule has 0 heterocycles. The number of hydrogen-bond acceptors (Lipinski definition) is 2. The summed E-state index contributed by atoms with van der Waals surface area (Å²) >= 11 is 0. The molecule has 0 radical (unpaired) electrons. The average molecular weight is 254 g/mol. The summed E-state index contributed by atoms with van der Waals surface area (Å²) in [5.41, 5.74) is 0. The molecule has 1 fully saturated rings.